The summed E-state index contributed by atoms with van der Waals surface area (Å²) in [6.07, 6.45) is 0. The zero-order valence-corrected chi connectivity index (χ0v) is 14.0. The van der Waals surface area contributed by atoms with Crippen LogP contribution in [0.5, 0.6) is 5.75 Å². The van der Waals surface area contributed by atoms with Crippen LogP contribution in [0.3, 0.4) is 0 Å². The Labute approximate surface area is 143 Å². The summed E-state index contributed by atoms with van der Waals surface area (Å²) in [6.45, 7) is 0.507. The average Bonchev–Trinajstić information content (AvgIpc) is 2.32. The van der Waals surface area contributed by atoms with Gasteiger partial charge in [0, 0.05) is 6.07 Å². The maximum Gasteiger partial charge on any atom is 2.00 e. The van der Waals surface area contributed by atoms with E-state index in [1.54, 1.807) is 18.2 Å². The second kappa shape index (κ2) is 9.05. The van der Waals surface area contributed by atoms with Gasteiger partial charge in [-0.1, -0.05) is 23.2 Å². The minimum Gasteiger partial charge on any atom is -1.00 e. The zero-order valence-electron chi connectivity index (χ0n) is 9.50. The smallest absolute Gasteiger partial charge is 1.00 e. The van der Waals surface area contributed by atoms with Gasteiger partial charge in [0.05, 0.1) is 16.7 Å². The van der Waals surface area contributed by atoms with Crippen LogP contribution < -0.4 is 21.7 Å². The summed E-state index contributed by atoms with van der Waals surface area (Å²) < 4.78 is 5.57. The largest absolute Gasteiger partial charge is 2.00 e. The molecule has 0 heterocycles. The monoisotopic (exact) mass is 354 g/mol. The molecule has 0 radical (unpaired) electrons. The molecule has 0 bridgehead atoms. The van der Waals surface area contributed by atoms with Gasteiger partial charge in [0.15, 0.2) is 0 Å². The van der Waals surface area contributed by atoms with Crippen LogP contribution in [-0.4, -0.2) is 23.1 Å². The van der Waals surface area contributed by atoms with E-state index in [2.05, 4.69) is 6.07 Å². The molecular formula is C13H9BrCl2MgO. The van der Waals surface area contributed by atoms with Crippen molar-refractivity contribution in [2.24, 2.45) is 0 Å². The summed E-state index contributed by atoms with van der Waals surface area (Å²) in [4.78, 5) is 0. The Morgan fingerprint density at radius 1 is 1.00 bits per heavy atom. The standard InChI is InChI=1S/C13H9Cl2O.BrH.Mg/c14-12-7-6-11(8-13(12)15)16-9-10-4-2-1-3-5-10;;/h2-8H,9H2;1H;/q-1;;+2/p-1. The molecule has 1 nitrogen and oxygen atoms in total. The van der Waals surface area contributed by atoms with Crippen molar-refractivity contribution >= 4 is 46.3 Å². The molecule has 0 atom stereocenters. The third-order valence-corrected chi connectivity index (χ3v) is 2.82. The molecule has 0 saturated heterocycles. The van der Waals surface area contributed by atoms with Crippen molar-refractivity contribution in [2.45, 2.75) is 6.61 Å². The Morgan fingerprint density at radius 3 is 2.28 bits per heavy atom. The summed E-state index contributed by atoms with van der Waals surface area (Å²) in [5, 5.41) is 1.03. The third kappa shape index (κ3) is 5.37. The van der Waals surface area contributed by atoms with Gasteiger partial charge in [0.2, 0.25) is 0 Å². The Bertz CT molecular complexity index is 480. The van der Waals surface area contributed by atoms with Crippen LogP contribution in [0.15, 0.2) is 42.5 Å². The minimum absolute atomic E-state index is 0. The topological polar surface area (TPSA) is 9.23 Å². The SMILES string of the molecule is Clc1ccc(OCc2cc[c-]cc2)cc1Cl.[Br-].[Mg+2]. The summed E-state index contributed by atoms with van der Waals surface area (Å²) in [5.41, 5.74) is 1.09. The first kappa shape index (κ1) is 18.1. The maximum absolute atomic E-state index is 5.88. The molecule has 2 rings (SSSR count). The Balaban J connectivity index is 0.00000144. The van der Waals surface area contributed by atoms with Crippen LogP contribution >= 0.6 is 23.2 Å². The molecule has 5 heteroatoms. The molecule has 18 heavy (non-hydrogen) atoms. The molecule has 2 aromatic rings. The number of rotatable bonds is 3. The van der Waals surface area contributed by atoms with Crippen molar-refractivity contribution in [3.8, 4) is 5.75 Å². The quantitative estimate of drug-likeness (QED) is 0.589. The number of hydrogen-bond donors (Lipinski definition) is 0. The fourth-order valence-corrected chi connectivity index (χ4v) is 1.54. The predicted octanol–water partition coefficient (Wildman–Crippen LogP) is 0.996. The minimum atomic E-state index is 0. The second-order valence-corrected chi connectivity index (χ2v) is 4.09. The fraction of sp³-hybridized carbons (Fsp3) is 0.0769. The number of hydrogen-bond acceptors (Lipinski definition) is 1. The summed E-state index contributed by atoms with van der Waals surface area (Å²) >= 11 is 11.7. The molecule has 90 valence electrons. The molecule has 0 unspecified atom stereocenters. The predicted molar refractivity (Wildman–Crippen MR) is 71.8 cm³/mol. The van der Waals surface area contributed by atoms with Crippen molar-refractivity contribution in [3.05, 3.63) is 64.1 Å². The van der Waals surface area contributed by atoms with Gasteiger partial charge in [-0.05, 0) is 12.1 Å². The van der Waals surface area contributed by atoms with E-state index in [1.807, 2.05) is 24.3 Å². The van der Waals surface area contributed by atoms with Crippen molar-refractivity contribution in [1.29, 1.82) is 0 Å². The third-order valence-electron chi connectivity index (χ3n) is 2.08. The molecule has 0 aromatic heterocycles. The van der Waals surface area contributed by atoms with Gasteiger partial charge in [-0.2, -0.15) is 30.3 Å². The molecular weight excluding hydrogens is 347 g/mol. The van der Waals surface area contributed by atoms with Crippen molar-refractivity contribution in [3.63, 3.8) is 0 Å². The van der Waals surface area contributed by atoms with Gasteiger partial charge in [0.25, 0.3) is 0 Å². The van der Waals surface area contributed by atoms with Crippen LogP contribution in [0.4, 0.5) is 0 Å². The molecule has 0 fully saturated rings. The first-order valence-electron chi connectivity index (χ1n) is 4.78. The van der Waals surface area contributed by atoms with Crippen LogP contribution in [-0.2, 0) is 6.61 Å². The summed E-state index contributed by atoms with van der Waals surface area (Å²) in [5.74, 6) is 0.710. The van der Waals surface area contributed by atoms with E-state index in [9.17, 15) is 0 Å². The number of benzene rings is 2. The van der Waals surface area contributed by atoms with E-state index in [4.69, 9.17) is 27.9 Å². The van der Waals surface area contributed by atoms with E-state index in [-0.39, 0.29) is 40.0 Å². The number of halogens is 3. The summed E-state index contributed by atoms with van der Waals surface area (Å²) in [6, 6.07) is 15.8. The Kier molecular flexibility index (Phi) is 9.08. The molecule has 2 aromatic carbocycles. The van der Waals surface area contributed by atoms with Crippen molar-refractivity contribution < 1.29 is 21.7 Å². The Morgan fingerprint density at radius 2 is 1.67 bits per heavy atom. The van der Waals surface area contributed by atoms with Crippen LogP contribution in [0.2, 0.25) is 10.0 Å². The van der Waals surface area contributed by atoms with Crippen LogP contribution in [0.25, 0.3) is 0 Å². The first-order chi connectivity index (χ1) is 7.75. The average molecular weight is 356 g/mol. The van der Waals surface area contributed by atoms with Gasteiger partial charge < -0.3 is 21.7 Å². The summed E-state index contributed by atoms with van der Waals surface area (Å²) in [7, 11) is 0. The van der Waals surface area contributed by atoms with Crippen LogP contribution in [0, 0.1) is 6.07 Å². The van der Waals surface area contributed by atoms with E-state index < -0.39 is 0 Å². The maximum atomic E-state index is 5.88. The Hall–Kier alpha value is 0.0662. The van der Waals surface area contributed by atoms with E-state index in [1.165, 1.54) is 0 Å². The molecule has 0 N–H and O–H groups in total. The molecule has 0 aliphatic rings. The second-order valence-electron chi connectivity index (χ2n) is 3.27. The zero-order chi connectivity index (χ0) is 11.4. The number of ether oxygens (including phenoxy) is 1. The molecule has 0 aliphatic heterocycles. The molecule has 0 amide bonds. The van der Waals surface area contributed by atoms with Crippen LogP contribution in [0.1, 0.15) is 5.56 Å². The van der Waals surface area contributed by atoms with E-state index in [0.717, 1.165) is 5.56 Å². The van der Waals surface area contributed by atoms with Gasteiger partial charge in [-0.25, -0.2) is 0 Å². The van der Waals surface area contributed by atoms with Gasteiger partial charge in [-0.3, -0.25) is 0 Å². The van der Waals surface area contributed by atoms with Gasteiger partial charge in [-0.15, -0.1) is 5.56 Å². The fourth-order valence-electron chi connectivity index (χ4n) is 1.25. The first-order valence-corrected chi connectivity index (χ1v) is 5.54. The molecule has 0 spiro atoms. The normalized spacial score (nSPS) is 9.00. The van der Waals surface area contributed by atoms with Crippen molar-refractivity contribution in [2.75, 3.05) is 0 Å². The van der Waals surface area contributed by atoms with Gasteiger partial charge >= 0.3 is 23.1 Å². The molecule has 0 aliphatic carbocycles. The van der Waals surface area contributed by atoms with Crippen molar-refractivity contribution in [1.82, 2.24) is 0 Å². The van der Waals surface area contributed by atoms with Gasteiger partial charge in [0.1, 0.15) is 5.75 Å². The van der Waals surface area contributed by atoms with E-state index in [0.29, 0.717) is 22.4 Å². The molecule has 0 saturated carbocycles. The van der Waals surface area contributed by atoms with E-state index >= 15 is 0 Å².